The van der Waals surface area contributed by atoms with Crippen LogP contribution in [0.2, 0.25) is 0 Å². The van der Waals surface area contributed by atoms with Gasteiger partial charge in [0.2, 0.25) is 0 Å². The molecule has 1 aliphatic heterocycles. The van der Waals surface area contributed by atoms with Crippen molar-refractivity contribution in [3.05, 3.63) is 59.7 Å². The van der Waals surface area contributed by atoms with Crippen molar-refractivity contribution in [2.45, 2.75) is 26.2 Å². The Morgan fingerprint density at radius 1 is 0.909 bits per heavy atom. The third-order valence-electron chi connectivity index (χ3n) is 4.03. The molecule has 114 valence electrons. The van der Waals surface area contributed by atoms with E-state index in [1.54, 1.807) is 0 Å². The van der Waals surface area contributed by atoms with Gasteiger partial charge in [0, 0.05) is 29.0 Å². The Hall–Kier alpha value is -2.42. The van der Waals surface area contributed by atoms with Crippen molar-refractivity contribution in [2.75, 3.05) is 11.9 Å². The zero-order chi connectivity index (χ0) is 15.4. The molecular formula is C19H23N3. The molecule has 0 fully saturated rings. The van der Waals surface area contributed by atoms with Gasteiger partial charge in [-0.25, -0.2) is 0 Å². The van der Waals surface area contributed by atoms with Crippen LogP contribution >= 0.6 is 0 Å². The third-order valence-corrected chi connectivity index (χ3v) is 4.03. The number of unbranched alkanes of at least 4 members (excludes halogenated alkanes) is 2. The Morgan fingerprint density at radius 3 is 2.27 bits per heavy atom. The van der Waals surface area contributed by atoms with E-state index >= 15 is 0 Å². The predicted molar refractivity (Wildman–Crippen MR) is 94.7 cm³/mol. The van der Waals surface area contributed by atoms with Crippen molar-refractivity contribution in [3.63, 3.8) is 0 Å². The molecule has 3 nitrogen and oxygen atoms in total. The molecule has 22 heavy (non-hydrogen) atoms. The monoisotopic (exact) mass is 293 g/mol. The van der Waals surface area contributed by atoms with Gasteiger partial charge in [0.1, 0.15) is 0 Å². The number of benzene rings is 2. The molecular weight excluding hydrogens is 270 g/mol. The van der Waals surface area contributed by atoms with Gasteiger partial charge in [-0.2, -0.15) is 0 Å². The van der Waals surface area contributed by atoms with Crippen LogP contribution in [0.1, 0.15) is 37.3 Å². The summed E-state index contributed by atoms with van der Waals surface area (Å²) >= 11 is 0. The van der Waals surface area contributed by atoms with Gasteiger partial charge in [0.15, 0.2) is 0 Å². The molecule has 1 aliphatic rings. The van der Waals surface area contributed by atoms with E-state index in [0.29, 0.717) is 0 Å². The number of para-hydroxylation sites is 2. The van der Waals surface area contributed by atoms with E-state index in [2.05, 4.69) is 47.9 Å². The molecule has 0 saturated heterocycles. The SMILES string of the molecule is CCCCCNC1=C(N)c2ccccc2Nc2ccccc21. The Kier molecular flexibility index (Phi) is 4.33. The first-order chi connectivity index (χ1) is 10.8. The average molecular weight is 293 g/mol. The highest BCUT2D eigenvalue weighted by atomic mass is 15.0. The number of nitrogens with one attached hydrogen (secondary N) is 2. The van der Waals surface area contributed by atoms with E-state index in [-0.39, 0.29) is 0 Å². The summed E-state index contributed by atoms with van der Waals surface area (Å²) in [7, 11) is 0. The second-order valence-corrected chi connectivity index (χ2v) is 5.64. The van der Waals surface area contributed by atoms with Crippen molar-refractivity contribution in [1.82, 2.24) is 5.32 Å². The van der Waals surface area contributed by atoms with Crippen molar-refractivity contribution < 1.29 is 0 Å². The van der Waals surface area contributed by atoms with E-state index in [0.717, 1.165) is 46.9 Å². The smallest absolute Gasteiger partial charge is 0.0675 e. The number of anilines is 2. The minimum Gasteiger partial charge on any atom is -0.396 e. The van der Waals surface area contributed by atoms with Gasteiger partial charge in [-0.15, -0.1) is 0 Å². The van der Waals surface area contributed by atoms with Crippen LogP contribution in [0, 0.1) is 0 Å². The van der Waals surface area contributed by atoms with Crippen LogP contribution in [0.25, 0.3) is 11.4 Å². The summed E-state index contributed by atoms with van der Waals surface area (Å²) in [5.41, 5.74) is 12.7. The van der Waals surface area contributed by atoms with Gasteiger partial charge in [0.05, 0.1) is 11.4 Å². The lowest BCUT2D eigenvalue weighted by Gasteiger charge is -2.15. The second kappa shape index (κ2) is 6.56. The van der Waals surface area contributed by atoms with Crippen molar-refractivity contribution in [3.8, 4) is 0 Å². The zero-order valence-electron chi connectivity index (χ0n) is 13.0. The molecule has 0 unspecified atom stereocenters. The summed E-state index contributed by atoms with van der Waals surface area (Å²) in [6.45, 7) is 3.16. The number of hydrogen-bond donors (Lipinski definition) is 3. The fourth-order valence-corrected chi connectivity index (χ4v) is 2.84. The highest BCUT2D eigenvalue weighted by Gasteiger charge is 2.18. The Balaban J connectivity index is 2.02. The topological polar surface area (TPSA) is 50.1 Å². The quantitative estimate of drug-likeness (QED) is 0.720. The van der Waals surface area contributed by atoms with E-state index in [4.69, 9.17) is 5.73 Å². The van der Waals surface area contributed by atoms with E-state index < -0.39 is 0 Å². The van der Waals surface area contributed by atoms with Gasteiger partial charge >= 0.3 is 0 Å². The first-order valence-electron chi connectivity index (χ1n) is 8.00. The Morgan fingerprint density at radius 2 is 1.55 bits per heavy atom. The maximum absolute atomic E-state index is 6.50. The summed E-state index contributed by atoms with van der Waals surface area (Å²) in [6.07, 6.45) is 3.61. The van der Waals surface area contributed by atoms with Crippen LogP contribution in [0.5, 0.6) is 0 Å². The zero-order valence-corrected chi connectivity index (χ0v) is 13.0. The van der Waals surface area contributed by atoms with E-state index in [9.17, 15) is 0 Å². The van der Waals surface area contributed by atoms with Crippen LogP contribution in [0.4, 0.5) is 11.4 Å². The minimum atomic E-state index is 0.810. The minimum absolute atomic E-state index is 0.810. The Bertz CT molecular complexity index is 689. The highest BCUT2D eigenvalue weighted by Crippen LogP contribution is 2.36. The second-order valence-electron chi connectivity index (χ2n) is 5.64. The van der Waals surface area contributed by atoms with Crippen LogP contribution in [0.15, 0.2) is 48.5 Å². The molecule has 0 bridgehead atoms. The van der Waals surface area contributed by atoms with Crippen LogP contribution in [0.3, 0.4) is 0 Å². The standard InChI is InChI=1S/C19H23N3/c1-2-3-8-13-21-19-15-10-5-7-12-17(15)22-16-11-6-4-9-14(16)18(19)20/h4-7,9-12,21-22H,2-3,8,13,20H2,1H3. The number of fused-ring (bicyclic) bond motifs is 2. The van der Waals surface area contributed by atoms with Crippen LogP contribution in [-0.2, 0) is 0 Å². The summed E-state index contributed by atoms with van der Waals surface area (Å²) in [5, 5.41) is 7.06. The maximum atomic E-state index is 6.50. The molecule has 0 spiro atoms. The first-order valence-corrected chi connectivity index (χ1v) is 8.00. The molecule has 3 heteroatoms. The molecule has 0 amide bonds. The molecule has 0 aliphatic carbocycles. The third kappa shape index (κ3) is 2.80. The lowest BCUT2D eigenvalue weighted by molar-refractivity contribution is 0.689. The summed E-state index contributed by atoms with van der Waals surface area (Å²) < 4.78 is 0. The van der Waals surface area contributed by atoms with Crippen molar-refractivity contribution in [1.29, 1.82) is 0 Å². The van der Waals surface area contributed by atoms with E-state index in [1.807, 2.05) is 18.2 Å². The average Bonchev–Trinajstić information content (AvgIpc) is 2.67. The van der Waals surface area contributed by atoms with Crippen LogP contribution in [-0.4, -0.2) is 6.54 Å². The first kappa shape index (κ1) is 14.5. The largest absolute Gasteiger partial charge is 0.396 e. The fraction of sp³-hybridized carbons (Fsp3) is 0.263. The maximum Gasteiger partial charge on any atom is 0.0675 e. The van der Waals surface area contributed by atoms with Gasteiger partial charge in [0.25, 0.3) is 0 Å². The fourth-order valence-electron chi connectivity index (χ4n) is 2.84. The number of nitrogens with two attached hydrogens (primary N) is 1. The molecule has 3 rings (SSSR count). The number of hydrogen-bond acceptors (Lipinski definition) is 3. The molecule has 0 radical (unpaired) electrons. The molecule has 0 aromatic heterocycles. The molecule has 2 aromatic rings. The number of rotatable bonds is 5. The van der Waals surface area contributed by atoms with Crippen molar-refractivity contribution >= 4 is 22.8 Å². The van der Waals surface area contributed by atoms with E-state index in [1.165, 1.54) is 12.8 Å². The lowest BCUT2D eigenvalue weighted by Crippen LogP contribution is -2.17. The molecule has 0 atom stereocenters. The normalized spacial score (nSPS) is 13.0. The van der Waals surface area contributed by atoms with Gasteiger partial charge in [-0.3, -0.25) is 0 Å². The molecule has 4 N–H and O–H groups in total. The lowest BCUT2D eigenvalue weighted by atomic mass is 10.1. The molecule has 0 saturated carbocycles. The summed E-state index contributed by atoms with van der Waals surface area (Å²) in [4.78, 5) is 0. The van der Waals surface area contributed by atoms with Gasteiger partial charge < -0.3 is 16.4 Å². The molecule has 2 aromatic carbocycles. The van der Waals surface area contributed by atoms with Crippen LogP contribution < -0.4 is 16.4 Å². The molecule has 1 heterocycles. The highest BCUT2D eigenvalue weighted by molar-refractivity contribution is 5.98. The Labute approximate surface area is 132 Å². The summed E-state index contributed by atoms with van der Waals surface area (Å²) in [6, 6.07) is 16.5. The predicted octanol–water partition coefficient (Wildman–Crippen LogP) is 4.31. The summed E-state index contributed by atoms with van der Waals surface area (Å²) in [5.74, 6) is 0. The van der Waals surface area contributed by atoms with Crippen molar-refractivity contribution in [2.24, 2.45) is 5.73 Å². The van der Waals surface area contributed by atoms with Gasteiger partial charge in [-0.05, 0) is 18.6 Å². The van der Waals surface area contributed by atoms with Gasteiger partial charge in [-0.1, -0.05) is 56.2 Å².